The lowest BCUT2D eigenvalue weighted by atomic mass is 9.96. The second-order valence-electron chi connectivity index (χ2n) is 5.36. The Hall–Kier alpha value is -1.71. The molecule has 0 aromatic rings. The normalized spacial score (nSPS) is 12.2. The highest BCUT2D eigenvalue weighted by Gasteiger charge is 2.46. The van der Waals surface area contributed by atoms with E-state index in [1.165, 1.54) is 0 Å². The molecule has 9 heteroatoms. The molecule has 0 fully saturated rings. The molecule has 0 amide bonds. The van der Waals surface area contributed by atoms with Gasteiger partial charge < -0.3 is 19.8 Å². The van der Waals surface area contributed by atoms with Gasteiger partial charge >= 0.3 is 17.9 Å². The molecule has 116 valence electrons. The molecule has 0 saturated heterocycles. The number of carbonyl (C=O) groups is 3. The number of aliphatic carboxylic acids is 3. The van der Waals surface area contributed by atoms with Gasteiger partial charge in [-0.2, -0.15) is 0 Å². The van der Waals surface area contributed by atoms with E-state index in [1.54, 1.807) is 0 Å². The summed E-state index contributed by atoms with van der Waals surface area (Å²) in [6.07, 6.45) is -2.03. The van der Waals surface area contributed by atoms with Crippen molar-refractivity contribution in [2.45, 2.75) is 18.4 Å². The molecule has 0 unspecified atom stereocenters. The van der Waals surface area contributed by atoms with E-state index in [0.717, 1.165) is 0 Å². The number of nitrogens with zero attached hydrogens (tertiary/aromatic N) is 1. The van der Waals surface area contributed by atoms with Gasteiger partial charge in [-0.1, -0.05) is 0 Å². The number of carboxylic acids is 3. The minimum Gasteiger partial charge on any atom is -0.481 e. The van der Waals surface area contributed by atoms with Gasteiger partial charge in [-0.05, 0) is 0 Å². The topological polar surface area (TPSA) is 130 Å². The van der Waals surface area contributed by atoms with E-state index < -0.39 is 36.4 Å². The molecule has 0 aliphatic rings. The lowest BCUT2D eigenvalue weighted by molar-refractivity contribution is -0.872. The minimum atomic E-state index is -2.44. The van der Waals surface area contributed by atoms with Crippen molar-refractivity contribution >= 4 is 17.9 Å². The van der Waals surface area contributed by atoms with Crippen LogP contribution in [0.3, 0.4) is 0 Å². The molecule has 9 nitrogen and oxygen atoms in total. The van der Waals surface area contributed by atoms with Crippen molar-refractivity contribution < 1.29 is 44.0 Å². The van der Waals surface area contributed by atoms with Crippen molar-refractivity contribution in [3.63, 3.8) is 0 Å². The Labute approximate surface area is 115 Å². The molecule has 0 atom stereocenters. The third-order valence-electron chi connectivity index (χ3n) is 2.33. The Bertz CT molecular complexity index is 357. The first-order valence-electron chi connectivity index (χ1n) is 5.76. The van der Waals surface area contributed by atoms with Crippen LogP contribution in [0.1, 0.15) is 12.8 Å². The average molecular weight is 294 g/mol. The smallest absolute Gasteiger partial charge is 0.340 e. The minimum absolute atomic E-state index is 0.00221. The highest BCUT2D eigenvalue weighted by Crippen LogP contribution is 2.22. The summed E-state index contributed by atoms with van der Waals surface area (Å²) in [6, 6.07) is 0. The van der Waals surface area contributed by atoms with Gasteiger partial charge in [0.1, 0.15) is 13.2 Å². The number of likely N-dealkylation sites (N-methyl/N-ethyl adjacent to an activating group) is 1. The van der Waals surface area contributed by atoms with Gasteiger partial charge in [-0.15, -0.1) is 0 Å². The molecule has 3 N–H and O–H groups in total. The van der Waals surface area contributed by atoms with Crippen molar-refractivity contribution in [1.29, 1.82) is 0 Å². The largest absolute Gasteiger partial charge is 0.481 e. The Morgan fingerprint density at radius 2 is 1.45 bits per heavy atom. The number of carboxylic acid groups (broad SMARTS) is 3. The Balaban J connectivity index is 4.78. The molecule has 0 bridgehead atoms. The quantitative estimate of drug-likeness (QED) is 0.211. The Morgan fingerprint density at radius 1 is 1.00 bits per heavy atom. The highest BCUT2D eigenvalue weighted by molar-refractivity contribution is 5.88. The zero-order valence-corrected chi connectivity index (χ0v) is 11.7. The van der Waals surface area contributed by atoms with Gasteiger partial charge in [0.15, 0.2) is 0 Å². The molecule has 0 rings (SSSR count). The van der Waals surface area contributed by atoms with Crippen LogP contribution in [0.2, 0.25) is 0 Å². The van der Waals surface area contributed by atoms with Crippen LogP contribution in [0.5, 0.6) is 0 Å². The van der Waals surface area contributed by atoms with Gasteiger partial charge in [0.2, 0.25) is 5.60 Å². The summed E-state index contributed by atoms with van der Waals surface area (Å²) in [5.41, 5.74) is -2.44. The van der Waals surface area contributed by atoms with Gasteiger partial charge in [0.05, 0.1) is 34.0 Å². The number of hydrogen-bond acceptors (Lipinski definition) is 5. The van der Waals surface area contributed by atoms with E-state index in [9.17, 15) is 14.4 Å². The fourth-order valence-electron chi connectivity index (χ4n) is 1.26. The Kier molecular flexibility index (Phi) is 6.56. The highest BCUT2D eigenvalue weighted by atomic mass is 17.2. The van der Waals surface area contributed by atoms with Crippen LogP contribution in [0.15, 0.2) is 0 Å². The summed E-state index contributed by atoms with van der Waals surface area (Å²) >= 11 is 0. The summed E-state index contributed by atoms with van der Waals surface area (Å²) in [7, 11) is 5.59. The van der Waals surface area contributed by atoms with Gasteiger partial charge in [-0.3, -0.25) is 9.59 Å². The molecular weight excluding hydrogens is 274 g/mol. The fourth-order valence-corrected chi connectivity index (χ4v) is 1.26. The van der Waals surface area contributed by atoms with Gasteiger partial charge in [0, 0.05) is 0 Å². The van der Waals surface area contributed by atoms with Crippen LogP contribution in [-0.4, -0.2) is 77.6 Å². The maximum absolute atomic E-state index is 11.1. The SMILES string of the molecule is C[N+](C)(C)CCOOC(CC(=O)O)(CC(=O)O)C(=O)O. The zero-order chi connectivity index (χ0) is 16.0. The molecule has 20 heavy (non-hydrogen) atoms. The second kappa shape index (κ2) is 7.17. The molecular formula is C11H20NO8+. The fraction of sp³-hybridized carbons (Fsp3) is 0.727. The molecule has 0 aliphatic heterocycles. The molecule has 0 saturated carbocycles. The molecule has 0 aromatic heterocycles. The monoisotopic (exact) mass is 294 g/mol. The van der Waals surface area contributed by atoms with Crippen LogP contribution in [0, 0.1) is 0 Å². The van der Waals surface area contributed by atoms with Gasteiger partial charge in [-0.25, -0.2) is 14.6 Å². The lowest BCUT2D eigenvalue weighted by Crippen LogP contribution is -2.46. The van der Waals surface area contributed by atoms with Gasteiger partial charge in [0.25, 0.3) is 0 Å². The van der Waals surface area contributed by atoms with E-state index in [2.05, 4.69) is 4.89 Å². The first-order valence-corrected chi connectivity index (χ1v) is 5.76. The van der Waals surface area contributed by atoms with Crippen molar-refractivity contribution in [2.75, 3.05) is 34.3 Å². The zero-order valence-electron chi connectivity index (χ0n) is 11.7. The van der Waals surface area contributed by atoms with Crippen LogP contribution in [0.4, 0.5) is 0 Å². The summed E-state index contributed by atoms with van der Waals surface area (Å²) < 4.78 is 0.515. The average Bonchev–Trinajstić information content (AvgIpc) is 2.20. The third kappa shape index (κ3) is 7.02. The first kappa shape index (κ1) is 18.3. The number of quaternary nitrogens is 1. The number of hydrogen-bond donors (Lipinski definition) is 3. The van der Waals surface area contributed by atoms with E-state index in [4.69, 9.17) is 20.2 Å². The second-order valence-corrected chi connectivity index (χ2v) is 5.36. The summed E-state index contributed by atoms with van der Waals surface area (Å²) in [4.78, 5) is 41.9. The van der Waals surface area contributed by atoms with Crippen molar-refractivity contribution in [3.05, 3.63) is 0 Å². The summed E-state index contributed by atoms with van der Waals surface area (Å²) in [6.45, 7) is 0.466. The summed E-state index contributed by atoms with van der Waals surface area (Å²) in [5.74, 6) is -4.69. The van der Waals surface area contributed by atoms with Crippen molar-refractivity contribution in [1.82, 2.24) is 0 Å². The van der Waals surface area contributed by atoms with E-state index >= 15 is 0 Å². The summed E-state index contributed by atoms with van der Waals surface area (Å²) in [5, 5.41) is 26.4. The predicted octanol–water partition coefficient (Wildman–Crippen LogP) is -0.586. The van der Waals surface area contributed by atoms with Crippen LogP contribution in [0.25, 0.3) is 0 Å². The Morgan fingerprint density at radius 3 is 1.75 bits per heavy atom. The third-order valence-corrected chi connectivity index (χ3v) is 2.33. The maximum atomic E-state index is 11.1. The molecule has 0 radical (unpaired) electrons. The van der Waals surface area contributed by atoms with Crippen LogP contribution >= 0.6 is 0 Å². The standard InChI is InChI=1S/C11H19NO8/c1-12(2,3)4-5-19-20-11(10(17)18,6-8(13)14)7-9(15)16/h4-7H2,1-3H3,(H2-,13,14,15,16,17,18)/p+1. The van der Waals surface area contributed by atoms with Crippen molar-refractivity contribution in [2.24, 2.45) is 0 Å². The number of rotatable bonds is 10. The molecule has 0 aliphatic carbocycles. The maximum Gasteiger partial charge on any atom is 0.340 e. The molecule has 0 spiro atoms. The van der Waals surface area contributed by atoms with Crippen LogP contribution < -0.4 is 0 Å². The van der Waals surface area contributed by atoms with Crippen LogP contribution in [-0.2, 0) is 24.2 Å². The van der Waals surface area contributed by atoms with E-state index in [0.29, 0.717) is 11.0 Å². The lowest BCUT2D eigenvalue weighted by Gasteiger charge is -2.27. The van der Waals surface area contributed by atoms with E-state index in [-0.39, 0.29) is 6.61 Å². The predicted molar refractivity (Wildman–Crippen MR) is 64.8 cm³/mol. The molecule has 0 aromatic carbocycles. The molecule has 0 heterocycles. The van der Waals surface area contributed by atoms with Crippen molar-refractivity contribution in [3.8, 4) is 0 Å². The first-order chi connectivity index (χ1) is 8.98. The van der Waals surface area contributed by atoms with E-state index in [1.807, 2.05) is 21.1 Å².